The number of anilines is 1. The van der Waals surface area contributed by atoms with E-state index in [1.54, 1.807) is 49.4 Å². The molecule has 0 radical (unpaired) electrons. The van der Waals surface area contributed by atoms with Crippen LogP contribution in [0.4, 0.5) is 5.69 Å². The van der Waals surface area contributed by atoms with Crippen molar-refractivity contribution in [1.82, 2.24) is 4.98 Å². The zero-order valence-corrected chi connectivity index (χ0v) is 16.1. The van der Waals surface area contributed by atoms with E-state index in [9.17, 15) is 9.59 Å². The SMILES string of the molecule is CCOC(=O)Cc1cccc(NC(=O)c2cccc(-c3ccc(Cl)cc3)n2)c1. The third-order valence-corrected chi connectivity index (χ3v) is 4.21. The number of amides is 1. The summed E-state index contributed by atoms with van der Waals surface area (Å²) in [5.41, 5.74) is 3.20. The molecule has 6 heteroatoms. The Labute approximate surface area is 168 Å². The van der Waals surface area contributed by atoms with E-state index >= 15 is 0 Å². The van der Waals surface area contributed by atoms with Crippen molar-refractivity contribution in [2.45, 2.75) is 13.3 Å². The van der Waals surface area contributed by atoms with Gasteiger partial charge in [-0.15, -0.1) is 0 Å². The van der Waals surface area contributed by atoms with Gasteiger partial charge in [0.2, 0.25) is 0 Å². The van der Waals surface area contributed by atoms with Gasteiger partial charge in [-0.2, -0.15) is 0 Å². The second kappa shape index (κ2) is 9.15. The number of nitrogens with one attached hydrogen (secondary N) is 1. The number of pyridine rings is 1. The monoisotopic (exact) mass is 394 g/mol. The zero-order chi connectivity index (χ0) is 19.9. The van der Waals surface area contributed by atoms with Crippen molar-refractivity contribution in [3.63, 3.8) is 0 Å². The average molecular weight is 395 g/mol. The highest BCUT2D eigenvalue weighted by atomic mass is 35.5. The fraction of sp³-hybridized carbons (Fsp3) is 0.136. The largest absolute Gasteiger partial charge is 0.466 e. The number of benzene rings is 2. The Kier molecular flexibility index (Phi) is 6.40. The summed E-state index contributed by atoms with van der Waals surface area (Å²) in [6.45, 7) is 2.10. The van der Waals surface area contributed by atoms with Crippen LogP contribution in [0.1, 0.15) is 23.0 Å². The van der Waals surface area contributed by atoms with E-state index < -0.39 is 0 Å². The van der Waals surface area contributed by atoms with Crippen molar-refractivity contribution in [2.75, 3.05) is 11.9 Å². The molecule has 0 aliphatic rings. The van der Waals surface area contributed by atoms with E-state index in [0.29, 0.717) is 28.7 Å². The number of carbonyl (C=O) groups excluding carboxylic acids is 2. The molecule has 28 heavy (non-hydrogen) atoms. The topological polar surface area (TPSA) is 68.3 Å². The van der Waals surface area contributed by atoms with Gasteiger partial charge in [-0.3, -0.25) is 9.59 Å². The van der Waals surface area contributed by atoms with Crippen LogP contribution < -0.4 is 5.32 Å². The third-order valence-electron chi connectivity index (χ3n) is 3.96. The second-order valence-corrected chi connectivity index (χ2v) is 6.49. The lowest BCUT2D eigenvalue weighted by Gasteiger charge is -2.08. The van der Waals surface area contributed by atoms with Gasteiger partial charge in [0.05, 0.1) is 18.7 Å². The highest BCUT2D eigenvalue weighted by Crippen LogP contribution is 2.20. The van der Waals surface area contributed by atoms with Crippen LogP contribution in [-0.2, 0) is 16.0 Å². The Balaban J connectivity index is 1.74. The molecule has 1 heterocycles. The molecule has 3 aromatic rings. The van der Waals surface area contributed by atoms with Crippen molar-refractivity contribution in [3.8, 4) is 11.3 Å². The van der Waals surface area contributed by atoms with Crippen LogP contribution in [0.5, 0.6) is 0 Å². The fourth-order valence-electron chi connectivity index (χ4n) is 2.68. The van der Waals surface area contributed by atoms with Crippen LogP contribution in [0.3, 0.4) is 0 Å². The van der Waals surface area contributed by atoms with Crippen LogP contribution in [-0.4, -0.2) is 23.5 Å². The Hall–Kier alpha value is -3.18. The average Bonchev–Trinajstić information content (AvgIpc) is 2.69. The standard InChI is InChI=1S/C22H19ClN2O3/c1-2-28-21(26)14-15-5-3-6-18(13-15)24-22(27)20-8-4-7-19(25-20)16-9-11-17(23)12-10-16/h3-13H,2,14H2,1H3,(H,24,27). The summed E-state index contributed by atoms with van der Waals surface area (Å²) in [7, 11) is 0. The van der Waals surface area contributed by atoms with E-state index in [4.69, 9.17) is 16.3 Å². The maximum absolute atomic E-state index is 12.6. The van der Waals surface area contributed by atoms with Crippen LogP contribution in [0.25, 0.3) is 11.3 Å². The molecule has 0 spiro atoms. The van der Waals surface area contributed by atoms with Gasteiger partial charge in [0.15, 0.2) is 0 Å². The first-order valence-corrected chi connectivity index (χ1v) is 9.22. The molecule has 1 N–H and O–H groups in total. The van der Waals surface area contributed by atoms with Crippen LogP contribution in [0.2, 0.25) is 5.02 Å². The Morgan fingerprint density at radius 3 is 2.54 bits per heavy atom. The van der Waals surface area contributed by atoms with Crippen molar-refractivity contribution in [1.29, 1.82) is 0 Å². The zero-order valence-electron chi connectivity index (χ0n) is 15.3. The summed E-state index contributed by atoms with van der Waals surface area (Å²) in [6, 6.07) is 19.6. The summed E-state index contributed by atoms with van der Waals surface area (Å²) >= 11 is 5.92. The number of esters is 1. The molecular formula is C22H19ClN2O3. The molecule has 1 aromatic heterocycles. The number of hydrogen-bond acceptors (Lipinski definition) is 4. The number of rotatable bonds is 6. The van der Waals surface area contributed by atoms with Gasteiger partial charge in [-0.25, -0.2) is 4.98 Å². The van der Waals surface area contributed by atoms with Gasteiger partial charge >= 0.3 is 5.97 Å². The molecule has 0 unspecified atom stereocenters. The predicted octanol–water partition coefficient (Wildman–Crippen LogP) is 4.76. The van der Waals surface area contributed by atoms with Crippen LogP contribution in [0, 0.1) is 0 Å². The summed E-state index contributed by atoms with van der Waals surface area (Å²) in [5, 5.41) is 3.46. The van der Waals surface area contributed by atoms with Gasteiger partial charge in [0.25, 0.3) is 5.91 Å². The molecule has 1 amide bonds. The number of aromatic nitrogens is 1. The lowest BCUT2D eigenvalue weighted by atomic mass is 10.1. The molecule has 3 rings (SSSR count). The molecule has 0 fully saturated rings. The van der Waals surface area contributed by atoms with Gasteiger partial charge in [-0.05, 0) is 48.9 Å². The minimum atomic E-state index is -0.330. The van der Waals surface area contributed by atoms with Crippen LogP contribution >= 0.6 is 11.6 Å². The van der Waals surface area contributed by atoms with Crippen LogP contribution in [0.15, 0.2) is 66.7 Å². The molecule has 142 valence electrons. The molecular weight excluding hydrogens is 376 g/mol. The van der Waals surface area contributed by atoms with Crippen molar-refractivity contribution in [3.05, 3.63) is 83.0 Å². The molecule has 5 nitrogen and oxygen atoms in total. The molecule has 0 bridgehead atoms. The normalized spacial score (nSPS) is 10.4. The first-order valence-electron chi connectivity index (χ1n) is 8.84. The number of nitrogens with zero attached hydrogens (tertiary/aromatic N) is 1. The maximum Gasteiger partial charge on any atom is 0.310 e. The minimum absolute atomic E-state index is 0.155. The van der Waals surface area contributed by atoms with E-state index in [0.717, 1.165) is 11.1 Å². The number of carbonyl (C=O) groups is 2. The van der Waals surface area contributed by atoms with Crippen molar-refractivity contribution >= 4 is 29.2 Å². The van der Waals surface area contributed by atoms with Crippen molar-refractivity contribution < 1.29 is 14.3 Å². The lowest BCUT2D eigenvalue weighted by molar-refractivity contribution is -0.142. The first-order chi connectivity index (χ1) is 13.5. The van der Waals surface area contributed by atoms with Gasteiger partial charge in [0.1, 0.15) is 5.69 Å². The van der Waals surface area contributed by atoms with Crippen molar-refractivity contribution in [2.24, 2.45) is 0 Å². The van der Waals surface area contributed by atoms with E-state index in [1.165, 1.54) is 0 Å². The summed E-state index contributed by atoms with van der Waals surface area (Å²) < 4.78 is 4.95. The Morgan fingerprint density at radius 2 is 1.79 bits per heavy atom. The molecule has 0 atom stereocenters. The van der Waals surface area contributed by atoms with Gasteiger partial charge in [-0.1, -0.05) is 41.9 Å². The maximum atomic E-state index is 12.6. The Morgan fingerprint density at radius 1 is 1.04 bits per heavy atom. The van der Waals surface area contributed by atoms with E-state index in [1.807, 2.05) is 24.3 Å². The predicted molar refractivity (Wildman–Crippen MR) is 109 cm³/mol. The molecule has 0 saturated heterocycles. The quantitative estimate of drug-likeness (QED) is 0.612. The second-order valence-electron chi connectivity index (χ2n) is 6.05. The highest BCUT2D eigenvalue weighted by molar-refractivity contribution is 6.30. The minimum Gasteiger partial charge on any atom is -0.466 e. The lowest BCUT2D eigenvalue weighted by Crippen LogP contribution is -2.14. The molecule has 2 aromatic carbocycles. The van der Waals surface area contributed by atoms with Gasteiger partial charge < -0.3 is 10.1 Å². The van der Waals surface area contributed by atoms with E-state index in [-0.39, 0.29) is 18.3 Å². The van der Waals surface area contributed by atoms with E-state index in [2.05, 4.69) is 10.3 Å². The fourth-order valence-corrected chi connectivity index (χ4v) is 2.80. The summed E-state index contributed by atoms with van der Waals surface area (Å²) in [6.07, 6.45) is 0.155. The number of hydrogen-bond donors (Lipinski definition) is 1. The first kappa shape index (κ1) is 19.6. The molecule has 0 aliphatic heterocycles. The molecule has 0 aliphatic carbocycles. The number of ether oxygens (including phenoxy) is 1. The smallest absolute Gasteiger partial charge is 0.310 e. The highest BCUT2D eigenvalue weighted by Gasteiger charge is 2.11. The number of halogens is 1. The Bertz CT molecular complexity index is 987. The third kappa shape index (κ3) is 5.18. The summed E-state index contributed by atoms with van der Waals surface area (Å²) in [5.74, 6) is -0.632. The van der Waals surface area contributed by atoms with Gasteiger partial charge in [0, 0.05) is 16.3 Å². The molecule has 0 saturated carbocycles. The summed E-state index contributed by atoms with van der Waals surface area (Å²) in [4.78, 5) is 28.7.